The van der Waals surface area contributed by atoms with Crippen molar-refractivity contribution in [2.45, 2.75) is 27.2 Å². The van der Waals surface area contributed by atoms with E-state index < -0.39 is 5.97 Å². The molecule has 0 atom stereocenters. The molecular weight excluding hydrogens is 342 g/mol. The van der Waals surface area contributed by atoms with E-state index in [0.717, 1.165) is 16.7 Å². The number of imidazole rings is 1. The van der Waals surface area contributed by atoms with Gasteiger partial charge in [0, 0.05) is 32.1 Å². The first-order valence-electron chi connectivity index (χ1n) is 8.74. The third-order valence-electron chi connectivity index (χ3n) is 4.40. The lowest BCUT2D eigenvalue weighted by Gasteiger charge is -2.14. The minimum Gasteiger partial charge on any atom is -0.409 e. The summed E-state index contributed by atoms with van der Waals surface area (Å²) in [7, 11) is 3.44. The van der Waals surface area contributed by atoms with Gasteiger partial charge in [0.05, 0.1) is 17.8 Å². The number of amides is 1. The summed E-state index contributed by atoms with van der Waals surface area (Å²) in [6, 6.07) is 11.7. The van der Waals surface area contributed by atoms with Crippen molar-refractivity contribution in [1.82, 2.24) is 14.3 Å². The van der Waals surface area contributed by atoms with E-state index in [1.54, 1.807) is 23.4 Å². The normalized spacial score (nSPS) is 10.9. The SMILES string of the molecule is CC(=O)Oc1c(C)ccc2nc(-c3ccc(C)cc3)c(CC(=O)N(C)C)n12. The number of pyridine rings is 1. The summed E-state index contributed by atoms with van der Waals surface area (Å²) in [5.41, 5.74) is 4.90. The monoisotopic (exact) mass is 365 g/mol. The minimum absolute atomic E-state index is 0.0551. The highest BCUT2D eigenvalue weighted by Crippen LogP contribution is 2.30. The molecule has 0 bridgehead atoms. The molecule has 0 aliphatic carbocycles. The average Bonchev–Trinajstić information content (AvgIpc) is 2.96. The van der Waals surface area contributed by atoms with Gasteiger partial charge in [0.1, 0.15) is 5.65 Å². The zero-order valence-electron chi connectivity index (χ0n) is 16.2. The van der Waals surface area contributed by atoms with Crippen LogP contribution in [0.4, 0.5) is 0 Å². The average molecular weight is 365 g/mol. The van der Waals surface area contributed by atoms with Crippen molar-refractivity contribution in [1.29, 1.82) is 0 Å². The lowest BCUT2D eigenvalue weighted by molar-refractivity contribution is -0.132. The van der Waals surface area contributed by atoms with E-state index in [4.69, 9.17) is 9.72 Å². The summed E-state index contributed by atoms with van der Waals surface area (Å²) < 4.78 is 7.24. The molecule has 1 aromatic carbocycles. The Kier molecular flexibility index (Phi) is 4.99. The molecule has 2 heterocycles. The highest BCUT2D eigenvalue weighted by atomic mass is 16.5. The fourth-order valence-electron chi connectivity index (χ4n) is 2.93. The topological polar surface area (TPSA) is 63.9 Å². The van der Waals surface area contributed by atoms with E-state index in [-0.39, 0.29) is 12.3 Å². The summed E-state index contributed by atoms with van der Waals surface area (Å²) in [6.45, 7) is 5.24. The van der Waals surface area contributed by atoms with Gasteiger partial charge in [-0.1, -0.05) is 35.9 Å². The number of aromatic nitrogens is 2. The zero-order chi connectivity index (χ0) is 19.7. The number of aryl methyl sites for hydroxylation is 2. The van der Waals surface area contributed by atoms with E-state index >= 15 is 0 Å². The van der Waals surface area contributed by atoms with Gasteiger partial charge in [-0.2, -0.15) is 0 Å². The Hall–Kier alpha value is -3.15. The lowest BCUT2D eigenvalue weighted by atomic mass is 10.1. The summed E-state index contributed by atoms with van der Waals surface area (Å²) in [5, 5.41) is 0. The molecule has 0 saturated heterocycles. The van der Waals surface area contributed by atoms with Crippen LogP contribution < -0.4 is 4.74 Å². The number of carbonyl (C=O) groups is 2. The van der Waals surface area contributed by atoms with Crippen LogP contribution in [0.2, 0.25) is 0 Å². The Balaban J connectivity index is 2.29. The summed E-state index contributed by atoms with van der Waals surface area (Å²) in [5.74, 6) is -0.0751. The van der Waals surface area contributed by atoms with Gasteiger partial charge in [0.25, 0.3) is 0 Å². The molecule has 6 heteroatoms. The van der Waals surface area contributed by atoms with Crippen LogP contribution in [-0.4, -0.2) is 40.3 Å². The first kappa shape index (κ1) is 18.6. The smallest absolute Gasteiger partial charge is 0.309 e. The van der Waals surface area contributed by atoms with E-state index in [9.17, 15) is 9.59 Å². The van der Waals surface area contributed by atoms with E-state index in [2.05, 4.69) is 0 Å². The van der Waals surface area contributed by atoms with Crippen LogP contribution in [0.15, 0.2) is 36.4 Å². The first-order valence-corrected chi connectivity index (χ1v) is 8.74. The van der Waals surface area contributed by atoms with Gasteiger partial charge < -0.3 is 9.64 Å². The minimum atomic E-state index is -0.416. The number of hydrogen-bond donors (Lipinski definition) is 0. The highest BCUT2D eigenvalue weighted by molar-refractivity contribution is 5.82. The number of esters is 1. The molecule has 6 nitrogen and oxygen atoms in total. The van der Waals surface area contributed by atoms with Crippen LogP contribution in [0.5, 0.6) is 5.88 Å². The zero-order valence-corrected chi connectivity index (χ0v) is 16.2. The van der Waals surface area contributed by atoms with Gasteiger partial charge in [0.15, 0.2) is 0 Å². The Bertz CT molecular complexity index is 1020. The molecule has 0 radical (unpaired) electrons. The Morgan fingerprint density at radius 3 is 2.33 bits per heavy atom. The van der Waals surface area contributed by atoms with Gasteiger partial charge in [-0.25, -0.2) is 4.98 Å². The number of hydrogen-bond acceptors (Lipinski definition) is 4. The summed E-state index contributed by atoms with van der Waals surface area (Å²) in [6.07, 6.45) is 0.148. The molecular formula is C21H23N3O3. The van der Waals surface area contributed by atoms with Crippen LogP contribution in [0.3, 0.4) is 0 Å². The Labute approximate surface area is 158 Å². The fourth-order valence-corrected chi connectivity index (χ4v) is 2.93. The number of nitrogens with zero attached hydrogens (tertiary/aromatic N) is 3. The van der Waals surface area contributed by atoms with Crippen molar-refractivity contribution in [2.75, 3.05) is 14.1 Å². The maximum atomic E-state index is 12.5. The molecule has 1 amide bonds. The van der Waals surface area contributed by atoms with Gasteiger partial charge in [-0.05, 0) is 19.9 Å². The third kappa shape index (κ3) is 3.69. The lowest BCUT2D eigenvalue weighted by Crippen LogP contribution is -2.24. The van der Waals surface area contributed by atoms with E-state index in [0.29, 0.717) is 22.9 Å². The molecule has 0 unspecified atom stereocenters. The highest BCUT2D eigenvalue weighted by Gasteiger charge is 2.22. The second kappa shape index (κ2) is 7.23. The summed E-state index contributed by atoms with van der Waals surface area (Å²) in [4.78, 5) is 30.4. The van der Waals surface area contributed by atoms with Crippen molar-refractivity contribution < 1.29 is 14.3 Å². The maximum Gasteiger partial charge on any atom is 0.309 e. The van der Waals surface area contributed by atoms with Gasteiger partial charge in [0.2, 0.25) is 11.8 Å². The molecule has 0 spiro atoms. The molecule has 2 aromatic heterocycles. The number of benzene rings is 1. The van der Waals surface area contributed by atoms with E-state index in [1.165, 1.54) is 6.92 Å². The van der Waals surface area contributed by atoms with Crippen molar-refractivity contribution >= 4 is 17.5 Å². The molecule has 0 saturated carbocycles. The number of fused-ring (bicyclic) bond motifs is 1. The summed E-state index contributed by atoms with van der Waals surface area (Å²) >= 11 is 0. The Morgan fingerprint density at radius 1 is 1.07 bits per heavy atom. The van der Waals surface area contributed by atoms with Crippen molar-refractivity contribution in [3.8, 4) is 17.1 Å². The molecule has 3 rings (SSSR count). The molecule has 3 aromatic rings. The second-order valence-corrected chi connectivity index (χ2v) is 6.85. The second-order valence-electron chi connectivity index (χ2n) is 6.85. The molecule has 0 aliphatic heterocycles. The predicted octanol–water partition coefficient (Wildman–Crippen LogP) is 3.17. The van der Waals surface area contributed by atoms with Gasteiger partial charge in [-0.3, -0.25) is 14.0 Å². The first-order chi connectivity index (χ1) is 12.8. The third-order valence-corrected chi connectivity index (χ3v) is 4.40. The van der Waals surface area contributed by atoms with Crippen molar-refractivity contribution in [2.24, 2.45) is 0 Å². The Morgan fingerprint density at radius 2 is 1.74 bits per heavy atom. The molecule has 0 fully saturated rings. The van der Waals surface area contributed by atoms with Crippen molar-refractivity contribution in [3.63, 3.8) is 0 Å². The molecule has 27 heavy (non-hydrogen) atoms. The standard InChI is InChI=1S/C21H23N3O3/c1-13-6-9-16(10-7-13)20-17(12-19(26)23(4)5)24-18(22-20)11-8-14(2)21(24)27-15(3)25/h6-11H,12H2,1-5H3. The number of likely N-dealkylation sites (N-methyl/N-ethyl adjacent to an activating group) is 1. The van der Waals surface area contributed by atoms with E-state index in [1.807, 2.05) is 50.2 Å². The fraction of sp³-hybridized carbons (Fsp3) is 0.286. The quantitative estimate of drug-likeness (QED) is 0.666. The predicted molar refractivity (Wildman–Crippen MR) is 104 cm³/mol. The molecule has 0 aliphatic rings. The largest absolute Gasteiger partial charge is 0.409 e. The van der Waals surface area contributed by atoms with Gasteiger partial charge in [-0.15, -0.1) is 0 Å². The van der Waals surface area contributed by atoms with Crippen LogP contribution in [0.25, 0.3) is 16.9 Å². The number of ether oxygens (including phenoxy) is 1. The van der Waals surface area contributed by atoms with Crippen LogP contribution in [0, 0.1) is 13.8 Å². The van der Waals surface area contributed by atoms with Crippen LogP contribution in [-0.2, 0) is 16.0 Å². The number of carbonyl (C=O) groups excluding carboxylic acids is 2. The van der Waals surface area contributed by atoms with Crippen molar-refractivity contribution in [3.05, 3.63) is 53.2 Å². The van der Waals surface area contributed by atoms with Crippen LogP contribution >= 0.6 is 0 Å². The van der Waals surface area contributed by atoms with Crippen LogP contribution in [0.1, 0.15) is 23.7 Å². The maximum absolute atomic E-state index is 12.5. The molecule has 0 N–H and O–H groups in total. The molecule has 140 valence electrons. The van der Waals surface area contributed by atoms with Gasteiger partial charge >= 0.3 is 5.97 Å². The number of rotatable bonds is 4.